The van der Waals surface area contributed by atoms with E-state index in [0.29, 0.717) is 48.2 Å². The van der Waals surface area contributed by atoms with Crippen LogP contribution in [0.3, 0.4) is 0 Å². The van der Waals surface area contributed by atoms with Gasteiger partial charge in [0, 0.05) is 24.1 Å². The third-order valence-corrected chi connectivity index (χ3v) is 8.04. The van der Waals surface area contributed by atoms with Crippen molar-refractivity contribution in [1.82, 2.24) is 9.55 Å². The van der Waals surface area contributed by atoms with E-state index in [-0.39, 0.29) is 18.3 Å². The average Bonchev–Trinajstić information content (AvgIpc) is 3.58. The largest absolute Gasteiger partial charge is 0.486 e. The van der Waals surface area contributed by atoms with E-state index in [1.807, 2.05) is 58.5 Å². The second-order valence-corrected chi connectivity index (χ2v) is 10.5. The molecule has 0 atom stereocenters. The van der Waals surface area contributed by atoms with Crippen LogP contribution in [0.2, 0.25) is 0 Å². The fraction of sp³-hybridized carbons (Fsp3) is 0.214. The summed E-state index contributed by atoms with van der Waals surface area (Å²) in [6.45, 7) is 3.33. The fourth-order valence-electron chi connectivity index (χ4n) is 4.39. The molecule has 0 spiro atoms. The standard InChI is InChI=1S/C28H23N3O5S2/c1-2-34-26(32)9-10-31-21-15-22-23(36-12-11-35-22)16-25(21)38-28(31)30-27(33)18-14-20(24-8-5-13-37-24)29-19-7-4-3-6-17(18)19/h3-8,13-16H,2,9-12H2,1H3. The highest BCUT2D eigenvalue weighted by Crippen LogP contribution is 2.36. The zero-order valence-corrected chi connectivity index (χ0v) is 22.1. The Kier molecular flexibility index (Phi) is 6.65. The highest BCUT2D eigenvalue weighted by Gasteiger charge is 2.19. The highest BCUT2D eigenvalue weighted by atomic mass is 32.1. The van der Waals surface area contributed by atoms with Crippen LogP contribution in [0, 0.1) is 0 Å². The van der Waals surface area contributed by atoms with Crippen molar-refractivity contribution in [1.29, 1.82) is 0 Å². The number of hydrogen-bond acceptors (Lipinski definition) is 8. The lowest BCUT2D eigenvalue weighted by Crippen LogP contribution is -2.20. The summed E-state index contributed by atoms with van der Waals surface area (Å²) in [5, 5.41) is 2.72. The number of carbonyl (C=O) groups is 2. The maximum absolute atomic E-state index is 13.7. The third kappa shape index (κ3) is 4.68. The topological polar surface area (TPSA) is 92.0 Å². The van der Waals surface area contributed by atoms with Gasteiger partial charge >= 0.3 is 5.97 Å². The first-order valence-electron chi connectivity index (χ1n) is 12.2. The molecule has 0 unspecified atom stereocenters. The van der Waals surface area contributed by atoms with Gasteiger partial charge in [0.2, 0.25) is 0 Å². The number of ether oxygens (including phenoxy) is 3. The van der Waals surface area contributed by atoms with Crippen LogP contribution in [0.25, 0.3) is 31.7 Å². The molecule has 192 valence electrons. The number of thiophene rings is 1. The number of aromatic nitrogens is 2. The van der Waals surface area contributed by atoms with Gasteiger partial charge in [0.25, 0.3) is 5.91 Å². The monoisotopic (exact) mass is 545 g/mol. The van der Waals surface area contributed by atoms with Gasteiger partial charge in [-0.1, -0.05) is 35.6 Å². The predicted molar refractivity (Wildman–Crippen MR) is 147 cm³/mol. The van der Waals surface area contributed by atoms with E-state index in [2.05, 4.69) is 4.99 Å². The lowest BCUT2D eigenvalue weighted by molar-refractivity contribution is -0.143. The normalized spacial score (nSPS) is 13.2. The molecule has 0 bridgehead atoms. The van der Waals surface area contributed by atoms with Crippen LogP contribution in [-0.4, -0.2) is 41.2 Å². The summed E-state index contributed by atoms with van der Waals surface area (Å²) >= 11 is 2.93. The van der Waals surface area contributed by atoms with Crippen molar-refractivity contribution in [3.8, 4) is 22.1 Å². The molecule has 2 aromatic carbocycles. The molecule has 8 nitrogen and oxygen atoms in total. The average molecular weight is 546 g/mol. The Labute approximate surface area is 225 Å². The number of pyridine rings is 1. The number of rotatable bonds is 6. The fourth-order valence-corrected chi connectivity index (χ4v) is 6.14. The van der Waals surface area contributed by atoms with Crippen LogP contribution < -0.4 is 14.3 Å². The van der Waals surface area contributed by atoms with Crippen LogP contribution in [0.5, 0.6) is 11.5 Å². The number of fused-ring (bicyclic) bond motifs is 3. The number of nitrogens with zero attached hydrogens (tertiary/aromatic N) is 3. The van der Waals surface area contributed by atoms with Gasteiger partial charge in [0.05, 0.1) is 44.9 Å². The minimum absolute atomic E-state index is 0.149. The maximum Gasteiger partial charge on any atom is 0.307 e. The van der Waals surface area contributed by atoms with Crippen LogP contribution in [-0.2, 0) is 16.1 Å². The maximum atomic E-state index is 13.7. The summed E-state index contributed by atoms with van der Waals surface area (Å²) in [4.78, 5) is 36.7. The Balaban J connectivity index is 1.49. The zero-order valence-electron chi connectivity index (χ0n) is 20.5. The number of hydrogen-bond donors (Lipinski definition) is 0. The van der Waals surface area contributed by atoms with Crippen molar-refractivity contribution in [3.63, 3.8) is 0 Å². The van der Waals surface area contributed by atoms with E-state index in [9.17, 15) is 9.59 Å². The summed E-state index contributed by atoms with van der Waals surface area (Å²) in [6, 6.07) is 17.1. The lowest BCUT2D eigenvalue weighted by Gasteiger charge is -2.18. The summed E-state index contributed by atoms with van der Waals surface area (Å²) in [6.07, 6.45) is 0.149. The van der Waals surface area contributed by atoms with Crippen molar-refractivity contribution >= 4 is 55.7 Å². The van der Waals surface area contributed by atoms with E-state index >= 15 is 0 Å². The SMILES string of the molecule is CCOC(=O)CCn1c(=NC(=O)c2cc(-c3cccs3)nc3ccccc23)sc2cc3c(cc21)OCCO3. The molecule has 0 saturated heterocycles. The smallest absolute Gasteiger partial charge is 0.307 e. The van der Waals surface area contributed by atoms with E-state index < -0.39 is 0 Å². The summed E-state index contributed by atoms with van der Waals surface area (Å²) in [7, 11) is 0. The summed E-state index contributed by atoms with van der Waals surface area (Å²) < 4.78 is 19.4. The summed E-state index contributed by atoms with van der Waals surface area (Å²) in [5.74, 6) is 0.594. The van der Waals surface area contributed by atoms with Crippen LogP contribution in [0.15, 0.2) is 65.0 Å². The van der Waals surface area contributed by atoms with E-state index in [4.69, 9.17) is 19.2 Å². The molecule has 38 heavy (non-hydrogen) atoms. The molecule has 1 aliphatic rings. The van der Waals surface area contributed by atoms with Gasteiger partial charge in [-0.05, 0) is 30.5 Å². The van der Waals surface area contributed by atoms with Crippen molar-refractivity contribution in [3.05, 3.63) is 70.3 Å². The molecule has 6 rings (SSSR count). The zero-order chi connectivity index (χ0) is 26.1. The van der Waals surface area contributed by atoms with Gasteiger partial charge in [-0.3, -0.25) is 9.59 Å². The summed E-state index contributed by atoms with van der Waals surface area (Å²) in [5.41, 5.74) is 2.74. The molecule has 4 heterocycles. The third-order valence-electron chi connectivity index (χ3n) is 6.11. The number of benzene rings is 2. The van der Waals surface area contributed by atoms with Gasteiger partial charge in [-0.15, -0.1) is 11.3 Å². The number of esters is 1. The molecule has 1 aliphatic heterocycles. The molecule has 1 amide bonds. The number of aryl methyl sites for hydroxylation is 1. The first-order valence-corrected chi connectivity index (χ1v) is 13.9. The molecule has 0 saturated carbocycles. The van der Waals surface area contributed by atoms with Gasteiger partial charge in [0.1, 0.15) is 13.2 Å². The molecule has 0 N–H and O–H groups in total. The molecule has 10 heteroatoms. The van der Waals surface area contributed by atoms with Gasteiger partial charge in [-0.2, -0.15) is 4.99 Å². The molecular weight excluding hydrogens is 522 g/mol. The minimum atomic E-state index is -0.380. The van der Waals surface area contributed by atoms with E-state index in [1.165, 1.54) is 11.3 Å². The lowest BCUT2D eigenvalue weighted by atomic mass is 10.1. The van der Waals surface area contributed by atoms with Crippen LogP contribution in [0.1, 0.15) is 23.7 Å². The molecular formula is C28H23N3O5S2. The van der Waals surface area contributed by atoms with Crippen molar-refractivity contribution in [2.24, 2.45) is 4.99 Å². The highest BCUT2D eigenvalue weighted by molar-refractivity contribution is 7.16. The number of para-hydroxylation sites is 1. The Hall–Kier alpha value is -4.02. The Morgan fingerprint density at radius 3 is 2.68 bits per heavy atom. The predicted octanol–water partition coefficient (Wildman–Crippen LogP) is 5.45. The Bertz CT molecular complexity index is 1740. The van der Waals surface area contributed by atoms with E-state index in [1.54, 1.807) is 24.3 Å². The van der Waals surface area contributed by atoms with Gasteiger partial charge in [0.15, 0.2) is 16.3 Å². The van der Waals surface area contributed by atoms with Crippen molar-refractivity contribution in [2.45, 2.75) is 19.9 Å². The molecule has 0 aliphatic carbocycles. The number of amides is 1. The molecule has 3 aromatic heterocycles. The Morgan fingerprint density at radius 1 is 1.08 bits per heavy atom. The molecule has 0 radical (unpaired) electrons. The first kappa shape index (κ1) is 24.3. The second-order valence-electron chi connectivity index (χ2n) is 8.52. The van der Waals surface area contributed by atoms with Crippen molar-refractivity contribution in [2.75, 3.05) is 19.8 Å². The van der Waals surface area contributed by atoms with Gasteiger partial charge in [-0.25, -0.2) is 4.98 Å². The quantitative estimate of drug-likeness (QED) is 0.264. The Morgan fingerprint density at radius 2 is 1.89 bits per heavy atom. The van der Waals surface area contributed by atoms with Gasteiger partial charge < -0.3 is 18.8 Å². The number of thiazole rings is 1. The van der Waals surface area contributed by atoms with E-state index in [0.717, 1.165) is 31.7 Å². The first-order chi connectivity index (χ1) is 18.6. The van der Waals surface area contributed by atoms with Crippen molar-refractivity contribution < 1.29 is 23.8 Å². The minimum Gasteiger partial charge on any atom is -0.486 e. The number of carbonyl (C=O) groups excluding carboxylic acids is 2. The second kappa shape index (κ2) is 10.4. The van der Waals surface area contributed by atoms with Crippen LogP contribution >= 0.6 is 22.7 Å². The van der Waals surface area contributed by atoms with Crippen LogP contribution in [0.4, 0.5) is 0 Å². The molecule has 5 aromatic rings. The molecule has 0 fully saturated rings.